The van der Waals surface area contributed by atoms with E-state index >= 15 is 0 Å². The van der Waals surface area contributed by atoms with E-state index < -0.39 is 0 Å². The average Bonchev–Trinajstić information content (AvgIpc) is 3.15. The van der Waals surface area contributed by atoms with Gasteiger partial charge in [0.1, 0.15) is 5.82 Å². The number of rotatable bonds is 7. The summed E-state index contributed by atoms with van der Waals surface area (Å²) >= 11 is 0. The third kappa shape index (κ3) is 4.36. The lowest BCUT2D eigenvalue weighted by atomic mass is 10.2. The maximum atomic E-state index is 12.9. The van der Waals surface area contributed by atoms with Gasteiger partial charge in [0.15, 0.2) is 11.2 Å². The number of hydrogen-bond acceptors (Lipinski definition) is 5. The molecule has 1 saturated heterocycles. The van der Waals surface area contributed by atoms with E-state index in [0.29, 0.717) is 17.7 Å². The van der Waals surface area contributed by atoms with E-state index in [9.17, 15) is 9.59 Å². The van der Waals surface area contributed by atoms with Crippen LogP contribution in [0.25, 0.3) is 11.2 Å². The molecule has 0 radical (unpaired) electrons. The quantitative estimate of drug-likeness (QED) is 0.576. The number of aromatic nitrogens is 4. The molecule has 3 heterocycles. The van der Waals surface area contributed by atoms with Gasteiger partial charge in [-0.15, -0.1) is 0 Å². The third-order valence-electron chi connectivity index (χ3n) is 6.24. The normalized spacial score (nSPS) is 15.7. The lowest BCUT2D eigenvalue weighted by molar-refractivity contribution is 0.119. The van der Waals surface area contributed by atoms with Crippen LogP contribution >= 0.6 is 0 Å². The molecule has 0 aliphatic carbocycles. The molecule has 1 aromatic carbocycles. The van der Waals surface area contributed by atoms with Gasteiger partial charge in [0.05, 0.1) is 6.54 Å². The van der Waals surface area contributed by atoms with Gasteiger partial charge in [-0.05, 0) is 12.0 Å². The van der Waals surface area contributed by atoms with Crippen molar-refractivity contribution >= 4 is 11.2 Å². The van der Waals surface area contributed by atoms with E-state index in [4.69, 9.17) is 4.98 Å². The van der Waals surface area contributed by atoms with Gasteiger partial charge in [-0.3, -0.25) is 23.7 Å². The highest BCUT2D eigenvalue weighted by Gasteiger charge is 2.22. The van der Waals surface area contributed by atoms with E-state index in [0.717, 1.165) is 57.9 Å². The van der Waals surface area contributed by atoms with Gasteiger partial charge in [-0.25, -0.2) is 9.78 Å². The number of imidazole rings is 1. The molecule has 0 amide bonds. The van der Waals surface area contributed by atoms with Crippen molar-refractivity contribution in [1.82, 2.24) is 28.5 Å². The van der Waals surface area contributed by atoms with Crippen molar-refractivity contribution in [2.24, 2.45) is 14.1 Å². The van der Waals surface area contributed by atoms with Crippen LogP contribution in [-0.4, -0.2) is 54.7 Å². The Morgan fingerprint density at radius 2 is 1.55 bits per heavy atom. The first kappa shape index (κ1) is 21.5. The topological polar surface area (TPSA) is 68.3 Å². The Morgan fingerprint density at radius 1 is 0.903 bits per heavy atom. The summed E-state index contributed by atoms with van der Waals surface area (Å²) in [5.74, 6) is 0.873. The summed E-state index contributed by atoms with van der Waals surface area (Å²) in [7, 11) is 3.22. The number of nitrogens with zero attached hydrogens (tertiary/aromatic N) is 6. The van der Waals surface area contributed by atoms with Gasteiger partial charge in [0, 0.05) is 53.4 Å². The molecule has 8 heteroatoms. The molecule has 1 fully saturated rings. The second-order valence-corrected chi connectivity index (χ2v) is 8.45. The van der Waals surface area contributed by atoms with E-state index in [-0.39, 0.29) is 11.2 Å². The molecular formula is C23H32N6O2. The van der Waals surface area contributed by atoms with Gasteiger partial charge in [0.2, 0.25) is 0 Å². The molecule has 0 bridgehead atoms. The van der Waals surface area contributed by atoms with Gasteiger partial charge >= 0.3 is 5.69 Å². The zero-order valence-electron chi connectivity index (χ0n) is 18.8. The number of piperazine rings is 1. The number of fused-ring (bicyclic) bond motifs is 1. The zero-order valence-corrected chi connectivity index (χ0v) is 18.8. The molecule has 8 nitrogen and oxygen atoms in total. The first-order valence-corrected chi connectivity index (χ1v) is 11.1. The van der Waals surface area contributed by atoms with E-state index in [1.54, 1.807) is 7.05 Å². The first-order valence-electron chi connectivity index (χ1n) is 11.1. The van der Waals surface area contributed by atoms with Gasteiger partial charge in [-0.1, -0.05) is 43.7 Å². The Morgan fingerprint density at radius 3 is 2.19 bits per heavy atom. The van der Waals surface area contributed by atoms with Crippen molar-refractivity contribution in [3.05, 3.63) is 62.6 Å². The predicted octanol–water partition coefficient (Wildman–Crippen LogP) is 1.55. The lowest BCUT2D eigenvalue weighted by Gasteiger charge is -2.34. The van der Waals surface area contributed by atoms with E-state index in [2.05, 4.69) is 47.1 Å². The van der Waals surface area contributed by atoms with Crippen LogP contribution in [0.1, 0.15) is 31.2 Å². The SMILES string of the molecule is CCCCn1c(CN2CCN(Cc3ccccc3)CC2)nc2c1c(=O)n(C)c(=O)n2C. The van der Waals surface area contributed by atoms with Crippen LogP contribution in [0, 0.1) is 0 Å². The lowest BCUT2D eigenvalue weighted by Crippen LogP contribution is -2.45. The molecule has 1 aliphatic heterocycles. The third-order valence-corrected chi connectivity index (χ3v) is 6.24. The van der Waals surface area contributed by atoms with Crippen LogP contribution in [0.4, 0.5) is 0 Å². The minimum absolute atomic E-state index is 0.263. The highest BCUT2D eigenvalue weighted by Crippen LogP contribution is 2.16. The van der Waals surface area contributed by atoms with Crippen molar-refractivity contribution in [2.45, 2.75) is 39.4 Å². The van der Waals surface area contributed by atoms with Crippen molar-refractivity contribution in [1.29, 1.82) is 0 Å². The summed E-state index contributed by atoms with van der Waals surface area (Å²) < 4.78 is 4.70. The monoisotopic (exact) mass is 424 g/mol. The fraction of sp³-hybridized carbons (Fsp3) is 0.522. The maximum absolute atomic E-state index is 12.9. The van der Waals surface area contributed by atoms with E-state index in [1.165, 1.54) is 21.7 Å². The van der Waals surface area contributed by atoms with Crippen molar-refractivity contribution in [3.8, 4) is 0 Å². The highest BCUT2D eigenvalue weighted by molar-refractivity contribution is 5.71. The second kappa shape index (κ2) is 9.20. The van der Waals surface area contributed by atoms with Crippen molar-refractivity contribution in [3.63, 3.8) is 0 Å². The molecule has 0 N–H and O–H groups in total. The maximum Gasteiger partial charge on any atom is 0.332 e. The summed E-state index contributed by atoms with van der Waals surface area (Å²) in [6, 6.07) is 10.6. The average molecular weight is 425 g/mol. The number of hydrogen-bond donors (Lipinski definition) is 0. The first-order chi connectivity index (χ1) is 15.0. The molecule has 0 atom stereocenters. The van der Waals surface area contributed by atoms with Crippen molar-refractivity contribution in [2.75, 3.05) is 26.2 Å². The summed E-state index contributed by atoms with van der Waals surface area (Å²) in [6.45, 7) is 8.47. The van der Waals surface area contributed by atoms with Crippen LogP contribution in [0.15, 0.2) is 39.9 Å². The Hall–Kier alpha value is -2.71. The summed E-state index contributed by atoms with van der Waals surface area (Å²) in [5, 5.41) is 0. The Bertz CT molecular complexity index is 1150. The molecule has 4 rings (SSSR count). The fourth-order valence-electron chi connectivity index (χ4n) is 4.32. The molecule has 0 saturated carbocycles. The Balaban J connectivity index is 1.54. The van der Waals surface area contributed by atoms with Crippen LogP contribution in [0.2, 0.25) is 0 Å². The summed E-state index contributed by atoms with van der Waals surface area (Å²) in [4.78, 5) is 34.9. The van der Waals surface area contributed by atoms with E-state index in [1.807, 2.05) is 4.57 Å². The largest absolute Gasteiger partial charge is 0.332 e. The highest BCUT2D eigenvalue weighted by atomic mass is 16.2. The minimum Gasteiger partial charge on any atom is -0.321 e. The number of aryl methyl sites for hydroxylation is 2. The zero-order chi connectivity index (χ0) is 22.0. The molecule has 31 heavy (non-hydrogen) atoms. The molecule has 2 aromatic heterocycles. The van der Waals surface area contributed by atoms with Gasteiger partial charge in [0.25, 0.3) is 5.56 Å². The number of benzene rings is 1. The number of unbranched alkanes of at least 4 members (excludes halogenated alkanes) is 1. The summed E-state index contributed by atoms with van der Waals surface area (Å²) in [6.07, 6.45) is 2.00. The molecule has 1 aliphatic rings. The summed E-state index contributed by atoms with van der Waals surface area (Å²) in [5.41, 5.74) is 1.77. The fourth-order valence-corrected chi connectivity index (χ4v) is 4.32. The smallest absolute Gasteiger partial charge is 0.321 e. The molecular weight excluding hydrogens is 392 g/mol. The Labute approximate surface area is 182 Å². The molecule has 0 unspecified atom stereocenters. The second-order valence-electron chi connectivity index (χ2n) is 8.45. The van der Waals surface area contributed by atoms with Gasteiger partial charge in [-0.2, -0.15) is 0 Å². The molecule has 0 spiro atoms. The van der Waals surface area contributed by atoms with Crippen LogP contribution in [0.3, 0.4) is 0 Å². The molecule has 166 valence electrons. The Kier molecular flexibility index (Phi) is 6.38. The standard InChI is InChI=1S/C23H32N6O2/c1-4-5-11-29-19(24-21-20(29)22(30)26(3)23(31)25(21)2)17-28-14-12-27(13-15-28)16-18-9-7-6-8-10-18/h6-10H,4-5,11-17H2,1-3H3. The van der Waals surface area contributed by atoms with Crippen LogP contribution in [-0.2, 0) is 33.7 Å². The van der Waals surface area contributed by atoms with Gasteiger partial charge < -0.3 is 4.57 Å². The molecule has 3 aromatic rings. The predicted molar refractivity (Wildman–Crippen MR) is 122 cm³/mol. The van der Waals surface area contributed by atoms with Crippen LogP contribution < -0.4 is 11.2 Å². The van der Waals surface area contributed by atoms with Crippen LogP contribution in [0.5, 0.6) is 0 Å². The minimum atomic E-state index is -0.335. The van der Waals surface area contributed by atoms with Crippen molar-refractivity contribution < 1.29 is 0 Å².